The van der Waals surface area contributed by atoms with Crippen LogP contribution in [0.25, 0.3) is 16.6 Å². The van der Waals surface area contributed by atoms with Gasteiger partial charge in [-0.2, -0.15) is 0 Å². The molecule has 0 saturated carbocycles. The molecule has 4 aliphatic rings. The molecule has 2 fully saturated rings. The van der Waals surface area contributed by atoms with Crippen LogP contribution < -0.4 is 19.1 Å². The van der Waals surface area contributed by atoms with E-state index < -0.39 is 25.7 Å². The summed E-state index contributed by atoms with van der Waals surface area (Å²) >= 11 is 6.25. The van der Waals surface area contributed by atoms with Crippen LogP contribution in [0.5, 0.6) is 17.2 Å². The number of rotatable bonds is 12. The summed E-state index contributed by atoms with van der Waals surface area (Å²) in [6.45, 7) is 11.8. The number of carbonyl (C=O) groups is 2. The Morgan fingerprint density at radius 1 is 1.00 bits per heavy atom. The van der Waals surface area contributed by atoms with Crippen LogP contribution in [-0.4, -0.2) is 97.3 Å². The van der Waals surface area contributed by atoms with Crippen LogP contribution in [-0.2, 0) is 21.2 Å². The number of pyridine rings is 1. The van der Waals surface area contributed by atoms with Crippen molar-refractivity contribution in [1.82, 2.24) is 24.5 Å². The molecule has 17 heteroatoms. The van der Waals surface area contributed by atoms with Crippen molar-refractivity contribution in [2.75, 3.05) is 57.3 Å². The summed E-state index contributed by atoms with van der Waals surface area (Å²) in [5, 5.41) is 13.9. The first-order chi connectivity index (χ1) is 32.1. The molecule has 2 N–H and O–H groups in total. The van der Waals surface area contributed by atoms with E-state index in [1.807, 2.05) is 23.1 Å². The van der Waals surface area contributed by atoms with Gasteiger partial charge in [0.15, 0.2) is 0 Å². The molecule has 2 amide bonds. The van der Waals surface area contributed by atoms with Crippen LogP contribution in [0.1, 0.15) is 80.8 Å². The Bertz CT molecular complexity index is 2850. The number of H-pyrrole nitrogens is 1. The van der Waals surface area contributed by atoms with Gasteiger partial charge in [0.05, 0.1) is 33.7 Å². The lowest BCUT2D eigenvalue weighted by atomic mass is 9.72. The second kappa shape index (κ2) is 19.0. The molecule has 0 radical (unpaired) electrons. The van der Waals surface area contributed by atoms with Gasteiger partial charge in [-0.15, -0.1) is 0 Å². The number of likely N-dealkylation sites (tertiary alicyclic amines) is 1. The number of anilines is 1. The molecule has 9 rings (SSSR count). The SMILES string of the molecule is CC(=O)N1CCC(C[C@@H]2COc3cc(S(=O)(=O)NC(=O)c4ccc(N5CCN(CC6=C(c7ccc(Cl)cc7)CC(C)(C)CC6)CC5)cc4Oc4cnc5[nH]ccc5c4)cc([N+](=O)[O-])c3C2)CC1. The van der Waals surface area contributed by atoms with Gasteiger partial charge in [-0.25, -0.2) is 18.1 Å². The van der Waals surface area contributed by atoms with E-state index >= 15 is 0 Å². The first kappa shape index (κ1) is 46.2. The number of nitrogens with zero attached hydrogens (tertiary/aromatic N) is 5. The molecular formula is C50H56ClN7O8S. The number of allylic oxidation sites excluding steroid dienone is 1. The topological polar surface area (TPSA) is 180 Å². The van der Waals surface area contributed by atoms with Crippen molar-refractivity contribution in [1.29, 1.82) is 0 Å². The minimum absolute atomic E-state index is 0.0124. The van der Waals surface area contributed by atoms with Crippen LogP contribution in [0.3, 0.4) is 0 Å². The van der Waals surface area contributed by atoms with Crippen LogP contribution >= 0.6 is 11.6 Å². The molecule has 2 saturated heterocycles. The lowest BCUT2D eigenvalue weighted by Gasteiger charge is -2.39. The minimum Gasteiger partial charge on any atom is -0.493 e. The van der Waals surface area contributed by atoms with E-state index in [2.05, 4.69) is 50.5 Å². The normalized spacial score (nSPS) is 19.2. The number of sulfonamides is 1. The second-order valence-electron chi connectivity index (χ2n) is 19.2. The summed E-state index contributed by atoms with van der Waals surface area (Å²) in [4.78, 5) is 51.3. The molecule has 0 spiro atoms. The van der Waals surface area contributed by atoms with E-state index in [1.54, 1.807) is 37.4 Å². The zero-order valence-corrected chi connectivity index (χ0v) is 39.6. The number of fused-ring (bicyclic) bond motifs is 2. The molecule has 1 aliphatic carbocycles. The van der Waals surface area contributed by atoms with Crippen molar-refractivity contribution >= 4 is 61.4 Å². The molecule has 3 aromatic carbocycles. The number of nitro benzene ring substituents is 1. The largest absolute Gasteiger partial charge is 0.493 e. The molecule has 352 valence electrons. The third-order valence-corrected chi connectivity index (χ3v) is 15.5. The Hall–Kier alpha value is -5.97. The van der Waals surface area contributed by atoms with Gasteiger partial charge in [0.2, 0.25) is 5.91 Å². The van der Waals surface area contributed by atoms with E-state index in [0.29, 0.717) is 55.5 Å². The lowest BCUT2D eigenvalue weighted by Crippen LogP contribution is -2.47. The first-order valence-electron chi connectivity index (χ1n) is 23.0. The van der Waals surface area contributed by atoms with Gasteiger partial charge in [-0.1, -0.05) is 43.2 Å². The Kier molecular flexibility index (Phi) is 13.1. The third-order valence-electron chi connectivity index (χ3n) is 13.9. The fourth-order valence-corrected chi connectivity index (χ4v) is 11.3. The first-order valence-corrected chi connectivity index (χ1v) is 24.9. The van der Waals surface area contributed by atoms with Crippen molar-refractivity contribution < 1.29 is 32.4 Å². The van der Waals surface area contributed by atoms with Gasteiger partial charge in [0, 0.05) is 93.2 Å². The monoisotopic (exact) mass is 949 g/mol. The van der Waals surface area contributed by atoms with Gasteiger partial charge in [-0.3, -0.25) is 24.6 Å². The van der Waals surface area contributed by atoms with E-state index in [9.17, 15) is 28.1 Å². The predicted molar refractivity (Wildman–Crippen MR) is 257 cm³/mol. The Labute approximate surface area is 395 Å². The zero-order valence-electron chi connectivity index (χ0n) is 38.1. The number of nitro groups is 1. The van der Waals surface area contributed by atoms with Gasteiger partial charge in [0.1, 0.15) is 22.9 Å². The highest BCUT2D eigenvalue weighted by atomic mass is 35.5. The van der Waals surface area contributed by atoms with E-state index in [1.165, 1.54) is 29.0 Å². The van der Waals surface area contributed by atoms with Crippen molar-refractivity contribution in [3.8, 4) is 17.2 Å². The standard InChI is InChI=1S/C50H56ClN7O8S/c1-32(59)56-16-12-33(13-17-56)22-34-23-43-45(58(61)62)26-41(27-46(43)65-31-34)67(63,64)54-49(60)42-9-8-39(25-47(42)66-40-24-36-11-15-52-48(36)53-29-40)57-20-18-55(19-21-57)30-37-10-14-50(2,3)28-44(37)35-4-6-38(51)7-5-35/h4-9,11,15,24-27,29,33-34H,10,12-14,16-23,28,30-31H2,1-3H3,(H,52,53)(H,54,60)/t34-/m0/s1. The number of piperazine rings is 1. The summed E-state index contributed by atoms with van der Waals surface area (Å²) in [5.74, 6) is -0.0239. The summed E-state index contributed by atoms with van der Waals surface area (Å²) < 4.78 is 42.5. The van der Waals surface area contributed by atoms with Crippen molar-refractivity contribution in [3.63, 3.8) is 0 Å². The van der Waals surface area contributed by atoms with Crippen molar-refractivity contribution in [2.24, 2.45) is 17.3 Å². The maximum atomic E-state index is 14.1. The summed E-state index contributed by atoms with van der Waals surface area (Å²) in [6, 6.07) is 19.1. The predicted octanol–water partition coefficient (Wildman–Crippen LogP) is 9.02. The molecule has 0 unspecified atom stereocenters. The quantitative estimate of drug-likeness (QED) is 0.0900. The maximum absolute atomic E-state index is 14.1. The van der Waals surface area contributed by atoms with E-state index in [-0.39, 0.29) is 46.6 Å². The molecule has 5 aromatic rings. The Morgan fingerprint density at radius 3 is 2.49 bits per heavy atom. The molecule has 5 heterocycles. The number of nitrogens with one attached hydrogen (secondary N) is 2. The van der Waals surface area contributed by atoms with E-state index in [4.69, 9.17) is 21.1 Å². The number of benzene rings is 3. The maximum Gasteiger partial charge on any atom is 0.277 e. The number of aromatic nitrogens is 2. The Balaban J connectivity index is 0.922. The average molecular weight is 951 g/mol. The van der Waals surface area contributed by atoms with Gasteiger partial charge in [0.25, 0.3) is 21.6 Å². The highest BCUT2D eigenvalue weighted by Crippen LogP contribution is 2.44. The molecule has 0 bridgehead atoms. The smallest absolute Gasteiger partial charge is 0.277 e. The molecule has 1 atom stereocenters. The Morgan fingerprint density at radius 2 is 1.76 bits per heavy atom. The summed E-state index contributed by atoms with van der Waals surface area (Å²) in [7, 11) is -4.65. The number of halogens is 1. The molecule has 67 heavy (non-hydrogen) atoms. The molecule has 15 nitrogen and oxygen atoms in total. The fourth-order valence-electron chi connectivity index (χ4n) is 10.1. The second-order valence-corrected chi connectivity index (χ2v) is 21.4. The number of aromatic amines is 1. The van der Waals surface area contributed by atoms with Gasteiger partial charge >= 0.3 is 0 Å². The van der Waals surface area contributed by atoms with Gasteiger partial charge < -0.3 is 24.3 Å². The molecular weight excluding hydrogens is 894 g/mol. The summed E-state index contributed by atoms with van der Waals surface area (Å²) in [6.07, 6.45) is 9.27. The fraction of sp³-hybridized carbons (Fsp3) is 0.420. The highest BCUT2D eigenvalue weighted by Gasteiger charge is 2.35. The van der Waals surface area contributed by atoms with Crippen LogP contribution in [0.15, 0.2) is 89.6 Å². The molecule has 2 aromatic heterocycles. The van der Waals surface area contributed by atoms with E-state index in [0.717, 1.165) is 80.3 Å². The van der Waals surface area contributed by atoms with Gasteiger partial charge in [-0.05, 0) is 110 Å². The van der Waals surface area contributed by atoms with Crippen molar-refractivity contribution in [2.45, 2.75) is 70.6 Å². The van der Waals surface area contributed by atoms with Crippen LogP contribution in [0.4, 0.5) is 11.4 Å². The third kappa shape index (κ3) is 10.5. The number of hydrogen-bond acceptors (Lipinski definition) is 11. The number of ether oxygens (including phenoxy) is 2. The number of hydrogen-bond donors (Lipinski definition) is 2. The zero-order chi connectivity index (χ0) is 47.0. The van der Waals surface area contributed by atoms with Crippen molar-refractivity contribution in [3.05, 3.63) is 117 Å². The van der Waals surface area contributed by atoms with Crippen LogP contribution in [0, 0.1) is 27.4 Å². The number of amides is 2. The summed E-state index contributed by atoms with van der Waals surface area (Å²) in [5.41, 5.74) is 5.65. The average Bonchev–Trinajstić information content (AvgIpc) is 3.78. The minimum atomic E-state index is -4.65. The van der Waals surface area contributed by atoms with Crippen LogP contribution in [0.2, 0.25) is 5.02 Å². The number of carbonyl (C=O) groups excluding carboxylic acids is 2. The molecule has 3 aliphatic heterocycles. The highest BCUT2D eigenvalue weighted by molar-refractivity contribution is 7.90. The number of piperidine rings is 1. The lowest BCUT2D eigenvalue weighted by molar-refractivity contribution is -0.386.